The highest BCUT2D eigenvalue weighted by molar-refractivity contribution is 5.94. The number of urea groups is 1. The van der Waals surface area contributed by atoms with Gasteiger partial charge in [-0.05, 0) is 48.4 Å². The van der Waals surface area contributed by atoms with Gasteiger partial charge >= 0.3 is 6.03 Å². The maximum atomic E-state index is 12.2. The van der Waals surface area contributed by atoms with Crippen LogP contribution in [0.15, 0.2) is 49.2 Å². The predicted molar refractivity (Wildman–Crippen MR) is 92.2 cm³/mol. The summed E-state index contributed by atoms with van der Waals surface area (Å²) in [7, 11) is 0. The molecule has 1 aliphatic rings. The molecule has 0 spiro atoms. The van der Waals surface area contributed by atoms with Crippen LogP contribution >= 0.6 is 0 Å². The number of nitrogens with one attached hydrogen (secondary N) is 1. The first-order valence-corrected chi connectivity index (χ1v) is 7.32. The molecule has 2 rings (SSSR count). The number of hydrogen-bond donors (Lipinski definition) is 3. The van der Waals surface area contributed by atoms with Gasteiger partial charge < -0.3 is 21.7 Å². The SMILES string of the molecule is C=C/C=C(\C=C/N)c1ccc(N)c(NC(=O)N2CCCC2)c1. The molecule has 1 saturated heterocycles. The molecule has 22 heavy (non-hydrogen) atoms. The third-order valence-electron chi connectivity index (χ3n) is 3.59. The second-order valence-electron chi connectivity index (χ2n) is 5.14. The smallest absolute Gasteiger partial charge is 0.321 e. The van der Waals surface area contributed by atoms with Crippen LogP contribution in [0.4, 0.5) is 16.2 Å². The highest BCUT2D eigenvalue weighted by Gasteiger charge is 2.18. The van der Waals surface area contributed by atoms with Gasteiger partial charge in [0.1, 0.15) is 0 Å². The van der Waals surface area contributed by atoms with Crippen LogP contribution in [0.3, 0.4) is 0 Å². The zero-order valence-electron chi connectivity index (χ0n) is 12.6. The van der Waals surface area contributed by atoms with E-state index in [1.165, 1.54) is 6.20 Å². The number of likely N-dealkylation sites (tertiary alicyclic amines) is 1. The summed E-state index contributed by atoms with van der Waals surface area (Å²) in [6, 6.07) is 5.40. The number of carbonyl (C=O) groups is 1. The van der Waals surface area contributed by atoms with E-state index in [1.807, 2.05) is 18.2 Å². The van der Waals surface area contributed by atoms with Crippen LogP contribution in [-0.4, -0.2) is 24.0 Å². The molecule has 1 fully saturated rings. The second-order valence-corrected chi connectivity index (χ2v) is 5.14. The Hall–Kier alpha value is -2.69. The molecule has 1 aliphatic heterocycles. The number of anilines is 2. The van der Waals surface area contributed by atoms with Crippen LogP contribution in [0, 0.1) is 0 Å². The van der Waals surface area contributed by atoms with Crippen LogP contribution in [0.2, 0.25) is 0 Å². The van der Waals surface area contributed by atoms with E-state index in [9.17, 15) is 4.79 Å². The molecule has 0 atom stereocenters. The summed E-state index contributed by atoms with van der Waals surface area (Å²) < 4.78 is 0. The number of benzene rings is 1. The molecule has 0 aliphatic carbocycles. The number of allylic oxidation sites excluding steroid dienone is 4. The number of nitrogen functional groups attached to an aromatic ring is 1. The van der Waals surface area contributed by atoms with Gasteiger partial charge in [-0.1, -0.05) is 24.8 Å². The zero-order chi connectivity index (χ0) is 15.9. The van der Waals surface area contributed by atoms with Crippen LogP contribution in [0.25, 0.3) is 5.57 Å². The van der Waals surface area contributed by atoms with Gasteiger partial charge in [-0.15, -0.1) is 0 Å². The van der Waals surface area contributed by atoms with E-state index in [0.29, 0.717) is 11.4 Å². The van der Waals surface area contributed by atoms with Crippen LogP contribution in [0.5, 0.6) is 0 Å². The summed E-state index contributed by atoms with van der Waals surface area (Å²) in [6.07, 6.45) is 8.88. The van der Waals surface area contributed by atoms with Crippen molar-refractivity contribution in [3.05, 3.63) is 54.8 Å². The molecule has 1 aromatic rings. The van der Waals surface area contributed by atoms with Crippen molar-refractivity contribution in [1.29, 1.82) is 0 Å². The van der Waals surface area contributed by atoms with Gasteiger partial charge in [0.15, 0.2) is 0 Å². The molecule has 0 unspecified atom stereocenters. The Morgan fingerprint density at radius 2 is 2.05 bits per heavy atom. The van der Waals surface area contributed by atoms with Crippen molar-refractivity contribution in [1.82, 2.24) is 4.90 Å². The lowest BCUT2D eigenvalue weighted by Gasteiger charge is -2.17. The lowest BCUT2D eigenvalue weighted by molar-refractivity contribution is 0.222. The molecule has 0 saturated carbocycles. The molecule has 0 radical (unpaired) electrons. The maximum Gasteiger partial charge on any atom is 0.321 e. The van der Waals surface area contributed by atoms with Crippen molar-refractivity contribution >= 4 is 23.0 Å². The summed E-state index contributed by atoms with van der Waals surface area (Å²) in [6.45, 7) is 5.29. The predicted octanol–water partition coefficient (Wildman–Crippen LogP) is 2.94. The molecule has 5 nitrogen and oxygen atoms in total. The first-order valence-electron chi connectivity index (χ1n) is 7.32. The monoisotopic (exact) mass is 298 g/mol. The summed E-state index contributed by atoms with van der Waals surface area (Å²) in [4.78, 5) is 14.0. The van der Waals surface area contributed by atoms with Gasteiger partial charge in [-0.2, -0.15) is 0 Å². The van der Waals surface area contributed by atoms with Gasteiger partial charge in [0.25, 0.3) is 0 Å². The topological polar surface area (TPSA) is 84.4 Å². The summed E-state index contributed by atoms with van der Waals surface area (Å²) in [5.74, 6) is 0. The molecule has 1 aromatic carbocycles. The standard InChI is InChI=1S/C17H22N4O/c1-2-5-13(8-9-18)14-6-7-15(19)16(12-14)20-17(22)21-10-3-4-11-21/h2,5-9,12H,1,3-4,10-11,18-19H2,(H,20,22)/b9-8-,13-5+. The fraction of sp³-hybridized carbons (Fsp3) is 0.235. The van der Waals surface area contributed by atoms with Gasteiger partial charge in [0, 0.05) is 13.1 Å². The lowest BCUT2D eigenvalue weighted by Crippen LogP contribution is -2.32. The molecule has 0 aromatic heterocycles. The van der Waals surface area contributed by atoms with Crippen molar-refractivity contribution < 1.29 is 4.79 Å². The Balaban J connectivity index is 2.24. The van der Waals surface area contributed by atoms with E-state index in [1.54, 1.807) is 23.1 Å². The quantitative estimate of drug-likeness (QED) is 0.590. The van der Waals surface area contributed by atoms with E-state index >= 15 is 0 Å². The van der Waals surface area contributed by atoms with Gasteiger partial charge in [0.05, 0.1) is 11.4 Å². The van der Waals surface area contributed by atoms with E-state index in [4.69, 9.17) is 11.5 Å². The second kappa shape index (κ2) is 7.36. The molecular weight excluding hydrogens is 276 g/mol. The minimum absolute atomic E-state index is 0.107. The normalized spacial score (nSPS) is 15.3. The maximum absolute atomic E-state index is 12.2. The van der Waals surface area contributed by atoms with E-state index < -0.39 is 0 Å². The van der Waals surface area contributed by atoms with Crippen LogP contribution in [0.1, 0.15) is 18.4 Å². The first kappa shape index (κ1) is 15.7. The average molecular weight is 298 g/mol. The summed E-state index contributed by atoms with van der Waals surface area (Å²) in [5.41, 5.74) is 14.4. The van der Waals surface area contributed by atoms with Gasteiger partial charge in [-0.25, -0.2) is 4.79 Å². The molecule has 116 valence electrons. The number of nitrogens with two attached hydrogens (primary N) is 2. The minimum Gasteiger partial charge on any atom is -0.405 e. The Bertz CT molecular complexity index is 613. The first-order chi connectivity index (χ1) is 10.7. The lowest BCUT2D eigenvalue weighted by atomic mass is 10.0. The number of nitrogens with zero attached hydrogens (tertiary/aromatic N) is 1. The number of amides is 2. The van der Waals surface area contributed by atoms with Crippen LogP contribution < -0.4 is 16.8 Å². The van der Waals surface area contributed by atoms with E-state index in [-0.39, 0.29) is 6.03 Å². The number of rotatable bonds is 4. The number of carbonyl (C=O) groups excluding carboxylic acids is 1. The summed E-state index contributed by atoms with van der Waals surface area (Å²) in [5, 5.41) is 2.89. The largest absolute Gasteiger partial charge is 0.405 e. The molecule has 5 N–H and O–H groups in total. The molecule has 1 heterocycles. The van der Waals surface area contributed by atoms with Crippen molar-refractivity contribution in [3.8, 4) is 0 Å². The van der Waals surface area contributed by atoms with Crippen LogP contribution in [-0.2, 0) is 0 Å². The third kappa shape index (κ3) is 3.69. The summed E-state index contributed by atoms with van der Waals surface area (Å²) >= 11 is 0. The fourth-order valence-electron chi connectivity index (χ4n) is 2.44. The third-order valence-corrected chi connectivity index (χ3v) is 3.59. The zero-order valence-corrected chi connectivity index (χ0v) is 12.6. The van der Waals surface area contributed by atoms with Crippen molar-refractivity contribution in [3.63, 3.8) is 0 Å². The van der Waals surface area contributed by atoms with E-state index in [2.05, 4.69) is 11.9 Å². The number of hydrogen-bond acceptors (Lipinski definition) is 3. The van der Waals surface area contributed by atoms with Crippen molar-refractivity contribution in [2.75, 3.05) is 24.1 Å². The molecule has 5 heteroatoms. The van der Waals surface area contributed by atoms with Gasteiger partial charge in [-0.3, -0.25) is 0 Å². The molecule has 2 amide bonds. The van der Waals surface area contributed by atoms with Crippen molar-refractivity contribution in [2.45, 2.75) is 12.8 Å². The minimum atomic E-state index is -0.107. The Labute approximate surface area is 131 Å². The van der Waals surface area contributed by atoms with E-state index in [0.717, 1.165) is 37.1 Å². The Kier molecular flexibility index (Phi) is 5.25. The highest BCUT2D eigenvalue weighted by Crippen LogP contribution is 2.26. The molecular formula is C17H22N4O. The Morgan fingerprint density at radius 1 is 1.32 bits per heavy atom. The van der Waals surface area contributed by atoms with Gasteiger partial charge in [0.2, 0.25) is 0 Å². The average Bonchev–Trinajstić information content (AvgIpc) is 3.04. The highest BCUT2D eigenvalue weighted by atomic mass is 16.2. The Morgan fingerprint density at radius 3 is 2.68 bits per heavy atom. The van der Waals surface area contributed by atoms with Crippen molar-refractivity contribution in [2.24, 2.45) is 5.73 Å². The molecule has 0 bridgehead atoms. The fourth-order valence-corrected chi connectivity index (χ4v) is 2.44.